The van der Waals surface area contributed by atoms with Crippen LogP contribution < -0.4 is 0 Å². The van der Waals surface area contributed by atoms with E-state index in [-0.39, 0.29) is 0 Å². The minimum absolute atomic E-state index is 0.328. The molecular formula is C21H20N2O6. The Bertz CT molecular complexity index is 994. The summed E-state index contributed by atoms with van der Waals surface area (Å²) in [7, 11) is 1.31. The summed E-state index contributed by atoms with van der Waals surface area (Å²) >= 11 is 0. The number of amides is 1. The maximum atomic E-state index is 12.7. The number of ether oxygens (including phenoxy) is 2. The Morgan fingerprint density at radius 1 is 1.17 bits per heavy atom. The smallest absolute Gasteiger partial charge is 0.407 e. The van der Waals surface area contributed by atoms with Gasteiger partial charge in [0.1, 0.15) is 5.60 Å². The molecule has 1 aromatic carbocycles. The number of hydrogen-bond acceptors (Lipinski definition) is 6. The first-order chi connectivity index (χ1) is 13.9. The van der Waals surface area contributed by atoms with Crippen LogP contribution in [0.4, 0.5) is 4.79 Å². The van der Waals surface area contributed by atoms with Crippen LogP contribution in [0.5, 0.6) is 0 Å². The second kappa shape index (κ2) is 7.20. The molecule has 1 amide bonds. The zero-order valence-corrected chi connectivity index (χ0v) is 15.9. The summed E-state index contributed by atoms with van der Waals surface area (Å²) in [6, 6.07) is 7.18. The van der Waals surface area contributed by atoms with Crippen LogP contribution in [0.25, 0.3) is 11.1 Å². The van der Waals surface area contributed by atoms with E-state index in [4.69, 9.17) is 14.6 Å². The number of fused-ring (bicyclic) bond motifs is 1. The van der Waals surface area contributed by atoms with Crippen LogP contribution in [0, 0.1) is 0 Å². The second-order valence-electron chi connectivity index (χ2n) is 7.34. The molecule has 0 radical (unpaired) electrons. The quantitative estimate of drug-likeness (QED) is 0.778. The number of esters is 2. The van der Waals surface area contributed by atoms with E-state index in [1.165, 1.54) is 18.2 Å². The molecule has 0 saturated carbocycles. The van der Waals surface area contributed by atoms with Gasteiger partial charge in [-0.05, 0) is 23.3 Å². The van der Waals surface area contributed by atoms with Crippen molar-refractivity contribution in [2.24, 2.45) is 0 Å². The van der Waals surface area contributed by atoms with Gasteiger partial charge in [0.05, 0.1) is 18.2 Å². The van der Waals surface area contributed by atoms with Gasteiger partial charge in [0.15, 0.2) is 0 Å². The van der Waals surface area contributed by atoms with Gasteiger partial charge < -0.3 is 19.5 Å². The van der Waals surface area contributed by atoms with E-state index in [2.05, 4.69) is 4.98 Å². The zero-order chi connectivity index (χ0) is 20.6. The number of hydrogen-bond donors (Lipinski definition) is 1. The number of carbonyl (C=O) groups excluding carboxylic acids is 2. The van der Waals surface area contributed by atoms with Gasteiger partial charge in [-0.15, -0.1) is 0 Å². The Labute approximate surface area is 167 Å². The average molecular weight is 396 g/mol. The first-order valence-electron chi connectivity index (χ1n) is 9.29. The van der Waals surface area contributed by atoms with E-state index in [1.54, 1.807) is 18.3 Å². The number of carbonyl (C=O) groups is 3. The SMILES string of the molecule is COC(=O)c1cncc(-c2ccc3c(c2)C(=O)OC2(CCN(C(=O)O)CC2)C3)c1. The lowest BCUT2D eigenvalue weighted by Crippen LogP contribution is -2.51. The summed E-state index contributed by atoms with van der Waals surface area (Å²) in [5.74, 6) is -0.889. The highest BCUT2D eigenvalue weighted by Gasteiger charge is 2.43. The minimum atomic E-state index is -0.949. The Balaban J connectivity index is 1.60. The van der Waals surface area contributed by atoms with Crippen LogP contribution in [-0.4, -0.2) is 58.8 Å². The molecule has 0 bridgehead atoms. The zero-order valence-electron chi connectivity index (χ0n) is 15.9. The van der Waals surface area contributed by atoms with Crippen LogP contribution in [-0.2, 0) is 15.9 Å². The lowest BCUT2D eigenvalue weighted by atomic mass is 9.81. The van der Waals surface area contributed by atoms with Gasteiger partial charge >= 0.3 is 18.0 Å². The number of carboxylic acid groups (broad SMARTS) is 1. The molecule has 29 heavy (non-hydrogen) atoms. The number of benzene rings is 1. The molecular weight excluding hydrogens is 376 g/mol. The largest absolute Gasteiger partial charge is 0.465 e. The van der Waals surface area contributed by atoms with E-state index in [1.807, 2.05) is 12.1 Å². The van der Waals surface area contributed by atoms with Crippen molar-refractivity contribution >= 4 is 18.0 Å². The first kappa shape index (κ1) is 18.9. The standard InChI is InChI=1S/C21H20N2O6/c1-28-18(24)16-8-15(11-22-12-16)13-2-3-14-10-21(29-19(25)17(14)9-13)4-6-23(7-5-21)20(26)27/h2-3,8-9,11-12H,4-7,10H2,1H3,(H,26,27). The van der Waals surface area contributed by atoms with Gasteiger partial charge in [-0.2, -0.15) is 0 Å². The Hall–Kier alpha value is -3.42. The molecule has 4 rings (SSSR count). The van der Waals surface area contributed by atoms with E-state index < -0.39 is 23.6 Å². The molecule has 1 aromatic heterocycles. The van der Waals surface area contributed by atoms with Crippen molar-refractivity contribution in [3.05, 3.63) is 53.3 Å². The molecule has 1 spiro atoms. The Kier molecular flexibility index (Phi) is 4.70. The predicted octanol–water partition coefficient (Wildman–Crippen LogP) is 2.76. The number of nitrogens with zero attached hydrogens (tertiary/aromatic N) is 2. The van der Waals surface area contributed by atoms with Crippen LogP contribution in [0.15, 0.2) is 36.7 Å². The summed E-state index contributed by atoms with van der Waals surface area (Å²) < 4.78 is 10.5. The molecule has 0 aliphatic carbocycles. The van der Waals surface area contributed by atoms with Gasteiger partial charge in [-0.25, -0.2) is 14.4 Å². The molecule has 2 aliphatic rings. The fourth-order valence-electron chi connectivity index (χ4n) is 3.95. The van der Waals surface area contributed by atoms with Gasteiger partial charge in [0, 0.05) is 50.3 Å². The molecule has 2 aromatic rings. The topological polar surface area (TPSA) is 106 Å². The van der Waals surface area contributed by atoms with E-state index in [9.17, 15) is 14.4 Å². The summed E-state index contributed by atoms with van der Waals surface area (Å²) in [5.41, 5.74) is 2.48. The average Bonchev–Trinajstić information content (AvgIpc) is 2.73. The van der Waals surface area contributed by atoms with Crippen molar-refractivity contribution in [3.63, 3.8) is 0 Å². The van der Waals surface area contributed by atoms with Crippen molar-refractivity contribution in [2.75, 3.05) is 20.2 Å². The highest BCUT2D eigenvalue weighted by molar-refractivity contribution is 5.95. The highest BCUT2D eigenvalue weighted by Crippen LogP contribution is 2.37. The maximum Gasteiger partial charge on any atom is 0.407 e. The summed E-state index contributed by atoms with van der Waals surface area (Å²) in [6.45, 7) is 0.698. The second-order valence-corrected chi connectivity index (χ2v) is 7.34. The van der Waals surface area contributed by atoms with Gasteiger partial charge in [0.2, 0.25) is 0 Å². The highest BCUT2D eigenvalue weighted by atomic mass is 16.6. The summed E-state index contributed by atoms with van der Waals surface area (Å²) in [5, 5.41) is 9.13. The monoisotopic (exact) mass is 396 g/mol. The number of piperidine rings is 1. The third-order valence-electron chi connectivity index (χ3n) is 5.59. The maximum absolute atomic E-state index is 12.7. The lowest BCUT2D eigenvalue weighted by Gasteiger charge is -2.43. The number of methoxy groups -OCH3 is 1. The molecule has 8 nitrogen and oxygen atoms in total. The van der Waals surface area contributed by atoms with Crippen molar-refractivity contribution in [1.82, 2.24) is 9.88 Å². The van der Waals surface area contributed by atoms with Crippen LogP contribution in [0.2, 0.25) is 0 Å². The lowest BCUT2D eigenvalue weighted by molar-refractivity contribution is -0.0532. The number of pyridine rings is 1. The fraction of sp³-hybridized carbons (Fsp3) is 0.333. The third-order valence-corrected chi connectivity index (χ3v) is 5.59. The van der Waals surface area contributed by atoms with Crippen molar-refractivity contribution in [1.29, 1.82) is 0 Å². The van der Waals surface area contributed by atoms with Crippen molar-refractivity contribution in [2.45, 2.75) is 24.9 Å². The van der Waals surface area contributed by atoms with Crippen LogP contribution in [0.1, 0.15) is 39.1 Å². The first-order valence-corrected chi connectivity index (χ1v) is 9.29. The molecule has 0 atom stereocenters. The van der Waals surface area contributed by atoms with Crippen LogP contribution in [0.3, 0.4) is 0 Å². The van der Waals surface area contributed by atoms with Gasteiger partial charge in [0.25, 0.3) is 0 Å². The predicted molar refractivity (Wildman–Crippen MR) is 102 cm³/mol. The van der Waals surface area contributed by atoms with Gasteiger partial charge in [-0.1, -0.05) is 12.1 Å². The van der Waals surface area contributed by atoms with E-state index in [0.29, 0.717) is 49.0 Å². The number of aromatic nitrogens is 1. The fourth-order valence-corrected chi connectivity index (χ4v) is 3.95. The molecule has 2 aliphatic heterocycles. The molecule has 1 saturated heterocycles. The van der Waals surface area contributed by atoms with Crippen LogP contribution >= 0.6 is 0 Å². The third kappa shape index (κ3) is 3.53. The molecule has 1 fully saturated rings. The molecule has 8 heteroatoms. The Morgan fingerprint density at radius 2 is 1.93 bits per heavy atom. The minimum Gasteiger partial charge on any atom is -0.465 e. The molecule has 1 N–H and O–H groups in total. The van der Waals surface area contributed by atoms with Gasteiger partial charge in [-0.3, -0.25) is 4.98 Å². The molecule has 0 unspecified atom stereocenters. The van der Waals surface area contributed by atoms with E-state index in [0.717, 1.165) is 11.1 Å². The normalized spacial score (nSPS) is 17.4. The summed E-state index contributed by atoms with van der Waals surface area (Å²) in [4.78, 5) is 41.0. The number of likely N-dealkylation sites (tertiary alicyclic amines) is 1. The summed E-state index contributed by atoms with van der Waals surface area (Å²) in [6.07, 6.45) is 3.62. The molecule has 3 heterocycles. The number of rotatable bonds is 2. The van der Waals surface area contributed by atoms with E-state index >= 15 is 0 Å². The van der Waals surface area contributed by atoms with Crippen molar-refractivity contribution in [3.8, 4) is 11.1 Å². The van der Waals surface area contributed by atoms with Crippen molar-refractivity contribution < 1.29 is 29.0 Å². The Morgan fingerprint density at radius 3 is 2.62 bits per heavy atom. The molecule has 150 valence electrons.